The predicted octanol–water partition coefficient (Wildman–Crippen LogP) is 2.49. The average Bonchev–Trinajstić information content (AvgIpc) is 2.47. The van der Waals surface area contributed by atoms with Crippen LogP contribution in [0.15, 0.2) is 18.3 Å². The Morgan fingerprint density at radius 2 is 2.00 bits per heavy atom. The molecule has 0 aliphatic heterocycles. The largest absolute Gasteiger partial charge is 0.357 e. The number of pyridine rings is 1. The summed E-state index contributed by atoms with van der Waals surface area (Å²) in [5.41, 5.74) is 6.41. The third-order valence-electron chi connectivity index (χ3n) is 3.51. The van der Waals surface area contributed by atoms with Crippen molar-refractivity contribution < 1.29 is 4.79 Å². The van der Waals surface area contributed by atoms with Crippen LogP contribution in [0.2, 0.25) is 0 Å². The molecule has 0 saturated heterocycles. The van der Waals surface area contributed by atoms with Crippen molar-refractivity contribution in [3.05, 3.63) is 18.3 Å². The fraction of sp³-hybridized carbons (Fsp3) is 0.625. The Kier molecular flexibility index (Phi) is 7.15. The van der Waals surface area contributed by atoms with Gasteiger partial charge in [-0.3, -0.25) is 4.79 Å². The predicted molar refractivity (Wildman–Crippen MR) is 88.4 cm³/mol. The molecule has 0 bridgehead atoms. The van der Waals surface area contributed by atoms with Gasteiger partial charge in [0.1, 0.15) is 5.82 Å². The van der Waals surface area contributed by atoms with Crippen LogP contribution in [0.3, 0.4) is 0 Å². The van der Waals surface area contributed by atoms with Gasteiger partial charge in [-0.2, -0.15) is 0 Å². The number of nitrogens with two attached hydrogens (primary N) is 1. The number of hydrogen-bond donors (Lipinski definition) is 2. The SMILES string of the molecule is CCN(CC)c1ccc(NC(=O)C(CN)CC(C)C)cn1. The number of nitrogens with one attached hydrogen (secondary N) is 1. The minimum absolute atomic E-state index is 0.0245. The number of carbonyl (C=O) groups is 1. The summed E-state index contributed by atoms with van der Waals surface area (Å²) in [6.45, 7) is 10.6. The van der Waals surface area contributed by atoms with Crippen molar-refractivity contribution in [2.45, 2.75) is 34.1 Å². The minimum Gasteiger partial charge on any atom is -0.357 e. The van der Waals surface area contributed by atoms with Crippen LogP contribution in [-0.4, -0.2) is 30.5 Å². The van der Waals surface area contributed by atoms with E-state index in [0.717, 1.165) is 31.0 Å². The van der Waals surface area contributed by atoms with E-state index in [0.29, 0.717) is 12.5 Å². The van der Waals surface area contributed by atoms with Gasteiger partial charge in [-0.15, -0.1) is 0 Å². The Balaban J connectivity index is 2.68. The van der Waals surface area contributed by atoms with Gasteiger partial charge in [-0.25, -0.2) is 4.98 Å². The van der Waals surface area contributed by atoms with E-state index >= 15 is 0 Å². The van der Waals surface area contributed by atoms with E-state index in [1.54, 1.807) is 6.20 Å². The summed E-state index contributed by atoms with van der Waals surface area (Å²) >= 11 is 0. The van der Waals surface area contributed by atoms with Gasteiger partial charge in [0.15, 0.2) is 0 Å². The summed E-state index contributed by atoms with van der Waals surface area (Å²) in [4.78, 5) is 18.7. The molecule has 1 aromatic heterocycles. The minimum atomic E-state index is -0.146. The molecule has 0 aliphatic rings. The first-order valence-electron chi connectivity index (χ1n) is 7.73. The molecule has 1 aromatic rings. The molecule has 0 saturated carbocycles. The van der Waals surface area contributed by atoms with Crippen LogP contribution in [0.5, 0.6) is 0 Å². The number of anilines is 2. The van der Waals surface area contributed by atoms with Crippen molar-refractivity contribution in [2.24, 2.45) is 17.6 Å². The maximum absolute atomic E-state index is 12.2. The van der Waals surface area contributed by atoms with Crippen molar-refractivity contribution in [1.29, 1.82) is 0 Å². The number of aromatic nitrogens is 1. The maximum Gasteiger partial charge on any atom is 0.228 e. The standard InChI is InChI=1S/C16H28N4O/c1-5-20(6-2)15-8-7-14(11-18-15)19-16(21)13(10-17)9-12(3)4/h7-8,11-13H,5-6,9-10,17H2,1-4H3,(H,19,21). The molecule has 1 unspecified atom stereocenters. The molecule has 21 heavy (non-hydrogen) atoms. The van der Waals surface area contributed by atoms with Gasteiger partial charge in [0.2, 0.25) is 5.91 Å². The van der Waals surface area contributed by atoms with Gasteiger partial charge in [0.05, 0.1) is 17.8 Å². The second kappa shape index (κ2) is 8.62. The monoisotopic (exact) mass is 292 g/mol. The van der Waals surface area contributed by atoms with Crippen molar-refractivity contribution in [2.75, 3.05) is 29.9 Å². The Labute approximate surface area is 127 Å². The third kappa shape index (κ3) is 5.34. The molecule has 1 atom stereocenters. The van der Waals surface area contributed by atoms with Crippen LogP contribution in [-0.2, 0) is 4.79 Å². The zero-order valence-corrected chi connectivity index (χ0v) is 13.6. The van der Waals surface area contributed by atoms with Gasteiger partial charge in [-0.05, 0) is 38.3 Å². The lowest BCUT2D eigenvalue weighted by Gasteiger charge is -2.20. The Bertz CT molecular complexity index is 426. The first-order valence-corrected chi connectivity index (χ1v) is 7.73. The molecule has 0 aliphatic carbocycles. The Morgan fingerprint density at radius 3 is 2.43 bits per heavy atom. The number of hydrogen-bond acceptors (Lipinski definition) is 4. The van der Waals surface area contributed by atoms with Gasteiger partial charge < -0.3 is 16.0 Å². The van der Waals surface area contributed by atoms with Crippen molar-refractivity contribution in [3.8, 4) is 0 Å². The van der Waals surface area contributed by atoms with Gasteiger partial charge >= 0.3 is 0 Å². The smallest absolute Gasteiger partial charge is 0.228 e. The van der Waals surface area contributed by atoms with Crippen LogP contribution in [0, 0.1) is 11.8 Å². The Hall–Kier alpha value is -1.62. The molecule has 118 valence electrons. The molecule has 0 fully saturated rings. The lowest BCUT2D eigenvalue weighted by atomic mass is 9.96. The van der Waals surface area contributed by atoms with Crippen molar-refractivity contribution in [3.63, 3.8) is 0 Å². The van der Waals surface area contributed by atoms with E-state index in [9.17, 15) is 4.79 Å². The number of carbonyl (C=O) groups excluding carboxylic acids is 1. The van der Waals surface area contributed by atoms with Crippen molar-refractivity contribution in [1.82, 2.24) is 4.98 Å². The Morgan fingerprint density at radius 1 is 1.33 bits per heavy atom. The first kappa shape index (κ1) is 17.4. The summed E-state index contributed by atoms with van der Waals surface area (Å²) in [7, 11) is 0. The van der Waals surface area contributed by atoms with Gasteiger partial charge in [-0.1, -0.05) is 13.8 Å². The third-order valence-corrected chi connectivity index (χ3v) is 3.51. The number of rotatable bonds is 8. The summed E-state index contributed by atoms with van der Waals surface area (Å²) in [5, 5.41) is 2.90. The molecular formula is C16H28N4O. The molecule has 3 N–H and O–H groups in total. The second-order valence-corrected chi connectivity index (χ2v) is 5.63. The highest BCUT2D eigenvalue weighted by Crippen LogP contribution is 2.16. The zero-order chi connectivity index (χ0) is 15.8. The lowest BCUT2D eigenvalue weighted by molar-refractivity contribution is -0.120. The highest BCUT2D eigenvalue weighted by Gasteiger charge is 2.18. The topological polar surface area (TPSA) is 71.2 Å². The second-order valence-electron chi connectivity index (χ2n) is 5.63. The summed E-state index contributed by atoms with van der Waals surface area (Å²) < 4.78 is 0. The van der Waals surface area contributed by atoms with Crippen LogP contribution >= 0.6 is 0 Å². The summed E-state index contributed by atoms with van der Waals surface area (Å²) in [5.74, 6) is 1.21. The van der Waals surface area contributed by atoms with E-state index in [1.807, 2.05) is 12.1 Å². The molecule has 0 spiro atoms. The molecule has 5 nitrogen and oxygen atoms in total. The van der Waals surface area contributed by atoms with E-state index in [1.165, 1.54) is 0 Å². The van der Waals surface area contributed by atoms with Crippen LogP contribution < -0.4 is 16.0 Å². The van der Waals surface area contributed by atoms with Gasteiger partial charge in [0, 0.05) is 19.6 Å². The van der Waals surface area contributed by atoms with E-state index < -0.39 is 0 Å². The molecule has 0 radical (unpaired) electrons. The van der Waals surface area contributed by atoms with Crippen molar-refractivity contribution >= 4 is 17.4 Å². The van der Waals surface area contributed by atoms with Gasteiger partial charge in [0.25, 0.3) is 0 Å². The van der Waals surface area contributed by atoms with Crippen LogP contribution in [0.1, 0.15) is 34.1 Å². The normalized spacial score (nSPS) is 12.3. The van der Waals surface area contributed by atoms with Crippen LogP contribution in [0.4, 0.5) is 11.5 Å². The van der Waals surface area contributed by atoms with E-state index in [-0.39, 0.29) is 11.8 Å². The zero-order valence-electron chi connectivity index (χ0n) is 13.6. The number of nitrogens with zero attached hydrogens (tertiary/aromatic N) is 2. The molecule has 0 aromatic carbocycles. The fourth-order valence-corrected chi connectivity index (χ4v) is 2.32. The molecular weight excluding hydrogens is 264 g/mol. The molecule has 5 heteroatoms. The van der Waals surface area contributed by atoms with Crippen LogP contribution in [0.25, 0.3) is 0 Å². The summed E-state index contributed by atoms with van der Waals surface area (Å²) in [6, 6.07) is 3.82. The highest BCUT2D eigenvalue weighted by molar-refractivity contribution is 5.92. The quantitative estimate of drug-likeness (QED) is 0.772. The van der Waals surface area contributed by atoms with E-state index in [4.69, 9.17) is 5.73 Å². The maximum atomic E-state index is 12.2. The first-order chi connectivity index (χ1) is 10.0. The average molecular weight is 292 g/mol. The van der Waals surface area contributed by atoms with E-state index in [2.05, 4.69) is 42.9 Å². The molecule has 1 heterocycles. The lowest BCUT2D eigenvalue weighted by Crippen LogP contribution is -2.30. The highest BCUT2D eigenvalue weighted by atomic mass is 16.1. The summed E-state index contributed by atoms with van der Waals surface area (Å²) in [6.07, 6.45) is 2.50. The number of amides is 1. The molecule has 1 rings (SSSR count). The molecule has 1 amide bonds. The fourth-order valence-electron chi connectivity index (χ4n) is 2.32.